The Morgan fingerprint density at radius 2 is 1.10 bits per heavy atom. The molecule has 0 amide bonds. The zero-order valence-corrected chi connectivity index (χ0v) is 18.6. The van der Waals surface area contributed by atoms with Gasteiger partial charge in [-0.3, -0.25) is 0 Å². The van der Waals surface area contributed by atoms with Crippen LogP contribution >= 0.6 is 0 Å². The van der Waals surface area contributed by atoms with Crippen molar-refractivity contribution in [3.05, 3.63) is 11.5 Å². The van der Waals surface area contributed by atoms with Gasteiger partial charge in [0.2, 0.25) is 0 Å². The number of rotatable bonds is 0. The summed E-state index contributed by atoms with van der Waals surface area (Å²) in [6, 6.07) is 4.50. The molecule has 4 heterocycles. The monoisotopic (exact) mass is 409 g/mol. The number of ether oxygens (including phenoxy) is 1. The van der Waals surface area contributed by atoms with Crippen LogP contribution in [0.15, 0.2) is 11.5 Å². The van der Waals surface area contributed by atoms with Crippen LogP contribution in [0.25, 0.3) is 0 Å². The molecule has 0 aromatic carbocycles. The summed E-state index contributed by atoms with van der Waals surface area (Å²) in [5, 5.41) is 0. The van der Waals surface area contributed by atoms with Gasteiger partial charge in [-0.2, -0.15) is 0 Å². The Bertz CT molecular complexity index is 765. The Balaban J connectivity index is 1.33. The minimum absolute atomic E-state index is 0.496. The first-order valence-electron chi connectivity index (χ1n) is 13.7. The van der Waals surface area contributed by atoms with Crippen molar-refractivity contribution < 1.29 is 4.74 Å². The third kappa shape index (κ3) is 2.08. The van der Waals surface area contributed by atoms with Gasteiger partial charge in [0, 0.05) is 12.0 Å². The van der Waals surface area contributed by atoms with Crippen LogP contribution in [-0.2, 0) is 4.74 Å². The van der Waals surface area contributed by atoms with Crippen LogP contribution in [0.2, 0.25) is 0 Å². The summed E-state index contributed by atoms with van der Waals surface area (Å²) in [4.78, 5) is 9.24. The fourth-order valence-electron chi connectivity index (χ4n) is 9.77. The fraction of sp³-hybridized carbons (Fsp3) is 0.923. The molecule has 4 nitrogen and oxygen atoms in total. The van der Waals surface area contributed by atoms with E-state index in [1.54, 1.807) is 5.82 Å². The first kappa shape index (κ1) is 17.6. The van der Waals surface area contributed by atoms with Crippen molar-refractivity contribution in [1.29, 1.82) is 0 Å². The van der Waals surface area contributed by atoms with Gasteiger partial charge in [0.05, 0.1) is 48.1 Å². The molecule has 9 unspecified atom stereocenters. The first-order valence-corrected chi connectivity index (χ1v) is 13.7. The normalized spacial score (nSPS) is 51.2. The van der Waals surface area contributed by atoms with E-state index in [1.165, 1.54) is 96.3 Å². The highest BCUT2D eigenvalue weighted by atomic mass is 16.5. The second kappa shape index (κ2) is 6.33. The number of fused-ring (bicyclic) bond motifs is 10. The van der Waals surface area contributed by atoms with Crippen molar-refractivity contribution in [2.75, 3.05) is 0 Å². The lowest BCUT2D eigenvalue weighted by Gasteiger charge is -2.62. The quantitative estimate of drug-likeness (QED) is 0.582. The predicted molar refractivity (Wildman–Crippen MR) is 117 cm³/mol. The molecule has 0 N–H and O–H groups in total. The molecule has 4 aliphatic carbocycles. The van der Waals surface area contributed by atoms with Gasteiger partial charge in [-0.25, -0.2) is 0 Å². The van der Waals surface area contributed by atoms with E-state index in [9.17, 15) is 0 Å². The Kier molecular flexibility index (Phi) is 3.72. The van der Waals surface area contributed by atoms with E-state index in [1.807, 2.05) is 5.70 Å². The molecule has 0 aromatic rings. The lowest BCUT2D eigenvalue weighted by Crippen LogP contribution is -2.71. The van der Waals surface area contributed by atoms with Gasteiger partial charge >= 0.3 is 0 Å². The number of nitrogens with zero attached hydrogens (tertiary/aromatic N) is 3. The molecule has 6 fully saturated rings. The molecule has 8 aliphatic rings. The molecule has 0 bridgehead atoms. The molecule has 0 spiro atoms. The maximum atomic E-state index is 6.95. The van der Waals surface area contributed by atoms with Gasteiger partial charge in [0.25, 0.3) is 0 Å². The van der Waals surface area contributed by atoms with E-state index in [0.717, 1.165) is 30.1 Å². The SMILES string of the molecule is C1CCC2C(C1)OC1CCCC3C1N2C1=C2N(C4CCCCC14)C1CCCCC1N23. The summed E-state index contributed by atoms with van der Waals surface area (Å²) in [7, 11) is 0. The predicted octanol–water partition coefficient (Wildman–Crippen LogP) is 4.60. The topological polar surface area (TPSA) is 19.0 Å². The molecule has 30 heavy (non-hydrogen) atoms. The van der Waals surface area contributed by atoms with E-state index in [2.05, 4.69) is 14.7 Å². The molecule has 4 heteroatoms. The minimum atomic E-state index is 0.496. The van der Waals surface area contributed by atoms with Gasteiger partial charge < -0.3 is 19.4 Å². The summed E-state index contributed by atoms with van der Waals surface area (Å²) in [5.74, 6) is 2.60. The summed E-state index contributed by atoms with van der Waals surface area (Å²) >= 11 is 0. The lowest BCUT2D eigenvalue weighted by molar-refractivity contribution is -0.190. The summed E-state index contributed by atoms with van der Waals surface area (Å²) < 4.78 is 6.95. The summed E-state index contributed by atoms with van der Waals surface area (Å²) in [6.45, 7) is 0. The van der Waals surface area contributed by atoms with Gasteiger partial charge in [0.15, 0.2) is 0 Å². The molecule has 0 radical (unpaired) electrons. The van der Waals surface area contributed by atoms with Crippen LogP contribution in [-0.4, -0.2) is 63.2 Å². The Labute approximate surface area is 182 Å². The Morgan fingerprint density at radius 1 is 0.500 bits per heavy atom. The van der Waals surface area contributed by atoms with Crippen LogP contribution in [0.4, 0.5) is 0 Å². The van der Waals surface area contributed by atoms with Crippen molar-refractivity contribution in [1.82, 2.24) is 14.7 Å². The third-order valence-electron chi connectivity index (χ3n) is 10.7. The van der Waals surface area contributed by atoms with E-state index in [-0.39, 0.29) is 0 Å². The molecular formula is C26H39N3O. The van der Waals surface area contributed by atoms with Gasteiger partial charge in [-0.1, -0.05) is 38.5 Å². The van der Waals surface area contributed by atoms with Crippen molar-refractivity contribution in [2.45, 2.75) is 145 Å². The number of morpholine rings is 1. The highest BCUT2D eigenvalue weighted by Crippen LogP contribution is 2.59. The van der Waals surface area contributed by atoms with Crippen molar-refractivity contribution in [3.63, 3.8) is 0 Å². The average molecular weight is 410 g/mol. The molecule has 2 saturated heterocycles. The summed E-state index contributed by atoms with van der Waals surface area (Å²) in [5.41, 5.74) is 1.85. The molecule has 0 aromatic heterocycles. The van der Waals surface area contributed by atoms with Crippen LogP contribution in [0.5, 0.6) is 0 Å². The van der Waals surface area contributed by atoms with Crippen molar-refractivity contribution in [2.24, 2.45) is 5.92 Å². The maximum Gasteiger partial charge on any atom is 0.125 e. The lowest BCUT2D eigenvalue weighted by atomic mass is 9.74. The van der Waals surface area contributed by atoms with Crippen molar-refractivity contribution in [3.8, 4) is 0 Å². The average Bonchev–Trinajstić information content (AvgIpc) is 3.32. The van der Waals surface area contributed by atoms with E-state index in [0.29, 0.717) is 24.3 Å². The Morgan fingerprint density at radius 3 is 1.93 bits per heavy atom. The highest BCUT2D eigenvalue weighted by Gasteiger charge is 2.64. The third-order valence-corrected chi connectivity index (χ3v) is 10.7. The number of hydrogen-bond acceptors (Lipinski definition) is 4. The fourth-order valence-corrected chi connectivity index (χ4v) is 9.77. The zero-order chi connectivity index (χ0) is 19.4. The van der Waals surface area contributed by atoms with Crippen LogP contribution in [0.3, 0.4) is 0 Å². The first-order chi connectivity index (χ1) is 14.9. The van der Waals surface area contributed by atoms with E-state index in [4.69, 9.17) is 4.74 Å². The minimum Gasteiger partial charge on any atom is -0.371 e. The molecule has 164 valence electrons. The van der Waals surface area contributed by atoms with Gasteiger partial charge in [-0.05, 0) is 57.8 Å². The van der Waals surface area contributed by atoms with Crippen LogP contribution < -0.4 is 0 Å². The molecule has 4 aliphatic heterocycles. The van der Waals surface area contributed by atoms with Crippen molar-refractivity contribution >= 4 is 0 Å². The second-order valence-electron chi connectivity index (χ2n) is 11.9. The molecular weight excluding hydrogens is 370 g/mol. The second-order valence-corrected chi connectivity index (χ2v) is 11.9. The number of hydrogen-bond donors (Lipinski definition) is 0. The van der Waals surface area contributed by atoms with Gasteiger partial charge in [0.1, 0.15) is 5.82 Å². The zero-order valence-electron chi connectivity index (χ0n) is 18.6. The highest BCUT2D eigenvalue weighted by molar-refractivity contribution is 5.37. The summed E-state index contributed by atoms with van der Waals surface area (Å²) in [6.07, 6.45) is 22.2. The van der Waals surface area contributed by atoms with Crippen LogP contribution in [0.1, 0.15) is 96.3 Å². The van der Waals surface area contributed by atoms with E-state index < -0.39 is 0 Å². The maximum absolute atomic E-state index is 6.95. The smallest absolute Gasteiger partial charge is 0.125 e. The molecule has 4 saturated carbocycles. The standard InChI is InChI=1S/C26H39N3O/c1-2-9-17-16(8-1)24-26-27(17)18-10-3-4-11-19(18)28(26)21-13-7-15-23-25(21)29(24)20-12-5-6-14-22(20)30-23/h16-23,25H,1-15H2. The van der Waals surface area contributed by atoms with Gasteiger partial charge in [-0.15, -0.1) is 0 Å². The van der Waals surface area contributed by atoms with E-state index >= 15 is 0 Å². The Hall–Kier alpha value is -0.900. The molecule has 9 atom stereocenters. The largest absolute Gasteiger partial charge is 0.371 e. The van der Waals surface area contributed by atoms with Crippen LogP contribution in [0, 0.1) is 5.92 Å². The molecule has 8 rings (SSSR count).